The Hall–Kier alpha value is -1.97. The summed E-state index contributed by atoms with van der Waals surface area (Å²) in [7, 11) is 1.75. The minimum atomic E-state index is -0.265. The summed E-state index contributed by atoms with van der Waals surface area (Å²) < 4.78 is 10.7. The van der Waals surface area contributed by atoms with Crippen LogP contribution in [0.3, 0.4) is 0 Å². The molecular formula is C27H41ClN6O2. The number of anilines is 2. The number of nitrogens with one attached hydrogen (secondary N) is 3. The molecule has 0 spiro atoms. The molecule has 0 amide bonds. The highest BCUT2D eigenvalue weighted by Gasteiger charge is 2.28. The van der Waals surface area contributed by atoms with Gasteiger partial charge in [0.1, 0.15) is 11.6 Å². The third-order valence-corrected chi connectivity index (χ3v) is 7.66. The first-order valence-corrected chi connectivity index (χ1v) is 13.5. The second-order valence-electron chi connectivity index (χ2n) is 10.4. The molecule has 2 aliphatic rings. The molecule has 4 rings (SSSR count). The molecule has 0 aromatic carbocycles. The van der Waals surface area contributed by atoms with Gasteiger partial charge in [0.25, 0.3) is 0 Å². The fraction of sp³-hybridized carbons (Fsp3) is 0.630. The van der Waals surface area contributed by atoms with Crippen LogP contribution < -0.4 is 21.7 Å². The Morgan fingerprint density at radius 1 is 1.19 bits per heavy atom. The van der Waals surface area contributed by atoms with Gasteiger partial charge in [0.15, 0.2) is 0 Å². The highest BCUT2D eigenvalue weighted by Crippen LogP contribution is 2.31. The first-order valence-electron chi connectivity index (χ1n) is 13.2. The molecule has 3 heterocycles. The topological polar surface area (TPSA) is 106 Å². The Labute approximate surface area is 220 Å². The van der Waals surface area contributed by atoms with Gasteiger partial charge in [-0.25, -0.2) is 9.97 Å². The molecule has 2 aromatic heterocycles. The lowest BCUT2D eigenvalue weighted by Crippen LogP contribution is -2.50. The number of hydrogen-bond acceptors (Lipinski definition) is 8. The maximum Gasteiger partial charge on any atom is 0.126 e. The third kappa shape index (κ3) is 7.76. The van der Waals surface area contributed by atoms with Crippen LogP contribution in [-0.4, -0.2) is 67.6 Å². The van der Waals surface area contributed by atoms with Crippen molar-refractivity contribution in [2.45, 2.75) is 63.1 Å². The minimum absolute atomic E-state index is 0.265. The second-order valence-corrected chi connectivity index (χ2v) is 10.8. The lowest BCUT2D eigenvalue weighted by Gasteiger charge is -2.33. The van der Waals surface area contributed by atoms with Crippen molar-refractivity contribution in [3.05, 3.63) is 35.5 Å². The van der Waals surface area contributed by atoms with Crippen LogP contribution >= 0.6 is 11.6 Å². The van der Waals surface area contributed by atoms with E-state index in [1.807, 2.05) is 24.3 Å². The Bertz CT molecular complexity index is 963. The molecule has 1 atom stereocenters. The lowest BCUT2D eigenvalue weighted by molar-refractivity contribution is 0.0574. The quantitative estimate of drug-likeness (QED) is 0.350. The van der Waals surface area contributed by atoms with E-state index in [1.165, 1.54) is 12.8 Å². The Balaban J connectivity index is 1.33. The normalized spacial score (nSPS) is 22.7. The molecule has 198 valence electrons. The number of rotatable bonds is 11. The number of nitrogens with two attached hydrogens (primary N) is 1. The molecule has 8 nitrogen and oxygen atoms in total. The predicted molar refractivity (Wildman–Crippen MR) is 147 cm³/mol. The second kappa shape index (κ2) is 13.0. The SMILES string of the molecule is COCC(C)NC[C@H]1CC[C@H](Nc2cc(-c3cccc(NCC4(N)CCOCC4)n3)c(Cl)cn2)CC1. The van der Waals surface area contributed by atoms with Crippen molar-refractivity contribution in [3.8, 4) is 11.3 Å². The van der Waals surface area contributed by atoms with Gasteiger partial charge >= 0.3 is 0 Å². The predicted octanol–water partition coefficient (Wildman–Crippen LogP) is 4.31. The molecule has 1 aliphatic heterocycles. The van der Waals surface area contributed by atoms with E-state index in [0.717, 1.165) is 61.7 Å². The molecule has 2 fully saturated rings. The van der Waals surface area contributed by atoms with Crippen LogP contribution in [0, 0.1) is 5.92 Å². The molecule has 5 N–H and O–H groups in total. The highest BCUT2D eigenvalue weighted by molar-refractivity contribution is 6.33. The molecule has 36 heavy (non-hydrogen) atoms. The zero-order valence-corrected chi connectivity index (χ0v) is 22.3. The standard InChI is InChI=1S/C27H41ClN6O2/c1-19(17-35-2)30-15-20-6-8-21(9-7-20)33-26-14-22(23(28)16-31-26)24-4-3-5-25(34-24)32-18-27(29)10-12-36-13-11-27/h3-5,14,16,19-21,30H,6-13,15,17-18,29H2,1-2H3,(H,31,33)(H,32,34)/t19?,20-,21-. The van der Waals surface area contributed by atoms with Crippen molar-refractivity contribution in [3.63, 3.8) is 0 Å². The summed E-state index contributed by atoms with van der Waals surface area (Å²) in [6.07, 6.45) is 8.07. The van der Waals surface area contributed by atoms with E-state index in [0.29, 0.717) is 42.8 Å². The summed E-state index contributed by atoms with van der Waals surface area (Å²) in [4.78, 5) is 9.36. The fourth-order valence-corrected chi connectivity index (χ4v) is 5.22. The smallest absolute Gasteiger partial charge is 0.126 e. The van der Waals surface area contributed by atoms with Crippen molar-refractivity contribution in [2.75, 3.05) is 50.7 Å². The van der Waals surface area contributed by atoms with Gasteiger partial charge in [-0.2, -0.15) is 0 Å². The Morgan fingerprint density at radius 3 is 2.72 bits per heavy atom. The molecular weight excluding hydrogens is 476 g/mol. The van der Waals surface area contributed by atoms with E-state index in [4.69, 9.17) is 31.8 Å². The van der Waals surface area contributed by atoms with Gasteiger partial charge in [-0.1, -0.05) is 17.7 Å². The summed E-state index contributed by atoms with van der Waals surface area (Å²) in [5, 5.41) is 11.2. The van der Waals surface area contributed by atoms with Gasteiger partial charge in [-0.15, -0.1) is 0 Å². The number of methoxy groups -OCH3 is 1. The van der Waals surface area contributed by atoms with E-state index >= 15 is 0 Å². The lowest BCUT2D eigenvalue weighted by atomic mass is 9.86. The molecule has 0 radical (unpaired) electrons. The molecule has 1 aliphatic carbocycles. The third-order valence-electron chi connectivity index (χ3n) is 7.36. The van der Waals surface area contributed by atoms with Crippen LogP contribution in [0.5, 0.6) is 0 Å². The van der Waals surface area contributed by atoms with Gasteiger partial charge in [0, 0.05) is 56.3 Å². The first-order chi connectivity index (χ1) is 17.4. The Kier molecular flexibility index (Phi) is 9.79. The largest absolute Gasteiger partial charge is 0.383 e. The number of aromatic nitrogens is 2. The highest BCUT2D eigenvalue weighted by atomic mass is 35.5. The zero-order chi connectivity index (χ0) is 25.4. The van der Waals surface area contributed by atoms with Crippen molar-refractivity contribution in [2.24, 2.45) is 11.7 Å². The number of ether oxygens (including phenoxy) is 2. The van der Waals surface area contributed by atoms with Gasteiger partial charge in [0.05, 0.1) is 17.3 Å². The minimum Gasteiger partial charge on any atom is -0.383 e. The summed E-state index contributed by atoms with van der Waals surface area (Å²) in [5.74, 6) is 2.34. The zero-order valence-electron chi connectivity index (χ0n) is 21.6. The van der Waals surface area contributed by atoms with Crippen LogP contribution in [0.4, 0.5) is 11.6 Å². The van der Waals surface area contributed by atoms with Crippen molar-refractivity contribution in [1.82, 2.24) is 15.3 Å². The molecule has 1 saturated carbocycles. The van der Waals surface area contributed by atoms with Gasteiger partial charge in [-0.3, -0.25) is 0 Å². The molecule has 1 saturated heterocycles. The van der Waals surface area contributed by atoms with Crippen molar-refractivity contribution < 1.29 is 9.47 Å². The Morgan fingerprint density at radius 2 is 1.97 bits per heavy atom. The van der Waals surface area contributed by atoms with Gasteiger partial charge < -0.3 is 31.2 Å². The van der Waals surface area contributed by atoms with Crippen molar-refractivity contribution >= 4 is 23.2 Å². The maximum atomic E-state index is 6.55. The van der Waals surface area contributed by atoms with Crippen LogP contribution in [0.2, 0.25) is 5.02 Å². The first kappa shape index (κ1) is 27.1. The molecule has 0 bridgehead atoms. The monoisotopic (exact) mass is 516 g/mol. The average molecular weight is 517 g/mol. The average Bonchev–Trinajstić information content (AvgIpc) is 2.89. The number of nitrogens with zero attached hydrogens (tertiary/aromatic N) is 2. The van der Waals surface area contributed by atoms with Crippen LogP contribution in [-0.2, 0) is 9.47 Å². The number of hydrogen-bond donors (Lipinski definition) is 4. The molecule has 2 aromatic rings. The van der Waals surface area contributed by atoms with E-state index in [2.05, 4.69) is 27.9 Å². The van der Waals surface area contributed by atoms with E-state index in [9.17, 15) is 0 Å². The summed E-state index contributed by atoms with van der Waals surface area (Å²) in [6.45, 7) is 6.05. The van der Waals surface area contributed by atoms with Gasteiger partial charge in [-0.05, 0) is 76.1 Å². The van der Waals surface area contributed by atoms with Crippen molar-refractivity contribution in [1.29, 1.82) is 0 Å². The fourth-order valence-electron chi connectivity index (χ4n) is 5.02. The summed E-state index contributed by atoms with van der Waals surface area (Å²) in [5.41, 5.74) is 7.94. The summed E-state index contributed by atoms with van der Waals surface area (Å²) in [6, 6.07) is 8.75. The number of halogens is 1. The van der Waals surface area contributed by atoms with E-state index in [1.54, 1.807) is 13.3 Å². The molecule has 1 unspecified atom stereocenters. The molecule has 9 heteroatoms. The van der Waals surface area contributed by atoms with Crippen LogP contribution in [0.15, 0.2) is 30.5 Å². The number of pyridine rings is 2. The van der Waals surface area contributed by atoms with Gasteiger partial charge in [0.2, 0.25) is 0 Å². The van der Waals surface area contributed by atoms with Crippen LogP contribution in [0.25, 0.3) is 11.3 Å². The summed E-state index contributed by atoms with van der Waals surface area (Å²) >= 11 is 6.55. The van der Waals surface area contributed by atoms with E-state index in [-0.39, 0.29) is 5.54 Å². The maximum absolute atomic E-state index is 6.55. The van der Waals surface area contributed by atoms with E-state index < -0.39 is 0 Å². The van der Waals surface area contributed by atoms with Crippen LogP contribution in [0.1, 0.15) is 45.4 Å².